The molecule has 7 nitrogen and oxygen atoms in total. The van der Waals surface area contributed by atoms with Crippen molar-refractivity contribution in [2.75, 3.05) is 0 Å². The van der Waals surface area contributed by atoms with Crippen LogP contribution < -0.4 is 10.9 Å². The van der Waals surface area contributed by atoms with Crippen LogP contribution in [0, 0.1) is 11.7 Å². The zero-order chi connectivity index (χ0) is 19.5. The van der Waals surface area contributed by atoms with Gasteiger partial charge in [-0.2, -0.15) is 0 Å². The van der Waals surface area contributed by atoms with Gasteiger partial charge >= 0.3 is 0 Å². The van der Waals surface area contributed by atoms with E-state index in [1.807, 2.05) is 0 Å². The first-order chi connectivity index (χ1) is 13.5. The molecule has 2 N–H and O–H groups in total. The SMILES string of the molecule is O=C(NC12CC(C1)C2)c1c(O)c2nccnc2n(Cc2ccc(F)cc2)c1=O. The zero-order valence-electron chi connectivity index (χ0n) is 14.9. The Hall–Kier alpha value is -3.29. The van der Waals surface area contributed by atoms with Crippen molar-refractivity contribution >= 4 is 17.1 Å². The molecule has 3 fully saturated rings. The number of nitrogens with zero attached hydrogens (tertiary/aromatic N) is 3. The molecule has 2 heterocycles. The average Bonchev–Trinajstić information content (AvgIpc) is 2.62. The summed E-state index contributed by atoms with van der Waals surface area (Å²) in [4.78, 5) is 34.2. The zero-order valence-corrected chi connectivity index (χ0v) is 14.9. The molecule has 3 aliphatic rings. The summed E-state index contributed by atoms with van der Waals surface area (Å²) >= 11 is 0. The maximum atomic E-state index is 13.2. The number of nitrogens with one attached hydrogen (secondary N) is 1. The number of hydrogen-bond acceptors (Lipinski definition) is 5. The number of carbonyl (C=O) groups excluding carboxylic acids is 1. The number of rotatable bonds is 4. The third-order valence-corrected chi connectivity index (χ3v) is 5.75. The highest BCUT2D eigenvalue weighted by atomic mass is 19.1. The van der Waals surface area contributed by atoms with Gasteiger partial charge in [0, 0.05) is 17.9 Å². The quantitative estimate of drug-likeness (QED) is 0.721. The Kier molecular flexibility index (Phi) is 3.52. The minimum absolute atomic E-state index is 0.0715. The van der Waals surface area contributed by atoms with Crippen molar-refractivity contribution in [1.82, 2.24) is 19.9 Å². The second-order valence-corrected chi connectivity index (χ2v) is 7.68. The third-order valence-electron chi connectivity index (χ3n) is 5.75. The van der Waals surface area contributed by atoms with E-state index >= 15 is 0 Å². The van der Waals surface area contributed by atoms with Crippen molar-refractivity contribution in [2.45, 2.75) is 31.3 Å². The van der Waals surface area contributed by atoms with Gasteiger partial charge in [-0.15, -0.1) is 0 Å². The van der Waals surface area contributed by atoms with Crippen LogP contribution >= 0.6 is 0 Å². The molecule has 1 aromatic carbocycles. The normalized spacial score (nSPS) is 22.4. The van der Waals surface area contributed by atoms with E-state index in [4.69, 9.17) is 0 Å². The van der Waals surface area contributed by atoms with Gasteiger partial charge in [0.2, 0.25) is 0 Å². The van der Waals surface area contributed by atoms with Crippen LogP contribution in [0.1, 0.15) is 35.2 Å². The lowest BCUT2D eigenvalue weighted by molar-refractivity contribution is -0.0439. The van der Waals surface area contributed by atoms with Crippen molar-refractivity contribution < 1.29 is 14.3 Å². The lowest BCUT2D eigenvalue weighted by atomic mass is 9.50. The minimum atomic E-state index is -0.654. The number of halogens is 1. The Labute approximate surface area is 158 Å². The molecule has 0 saturated heterocycles. The number of hydrogen-bond donors (Lipinski definition) is 2. The van der Waals surface area contributed by atoms with E-state index in [1.54, 1.807) is 12.1 Å². The molecule has 0 spiro atoms. The Morgan fingerprint density at radius 1 is 1.21 bits per heavy atom. The first-order valence-corrected chi connectivity index (χ1v) is 9.09. The molecule has 8 heteroatoms. The Morgan fingerprint density at radius 2 is 1.89 bits per heavy atom. The van der Waals surface area contributed by atoms with E-state index in [0.29, 0.717) is 11.5 Å². The predicted octanol–water partition coefficient (Wildman–Crippen LogP) is 1.97. The number of amides is 1. The van der Waals surface area contributed by atoms with Crippen LogP contribution in [0.15, 0.2) is 41.5 Å². The standard InChI is InChI=1S/C20H17FN4O3/c21-13-3-1-11(2-4-13)10-25-17-15(22-5-6-23-17)16(26)14(19(25)28)18(27)24-20-7-12(8-20)9-20/h1-6,12,26H,7-10H2,(H,24,27). The van der Waals surface area contributed by atoms with Crippen LogP contribution in [0.3, 0.4) is 0 Å². The highest BCUT2D eigenvalue weighted by molar-refractivity contribution is 6.01. The van der Waals surface area contributed by atoms with E-state index < -0.39 is 17.2 Å². The van der Waals surface area contributed by atoms with Crippen molar-refractivity contribution in [1.29, 1.82) is 0 Å². The summed E-state index contributed by atoms with van der Waals surface area (Å²) in [6, 6.07) is 5.70. The largest absolute Gasteiger partial charge is 0.505 e. The smallest absolute Gasteiger partial charge is 0.269 e. The second-order valence-electron chi connectivity index (χ2n) is 7.68. The summed E-state index contributed by atoms with van der Waals surface area (Å²) in [7, 11) is 0. The van der Waals surface area contributed by atoms with E-state index in [-0.39, 0.29) is 34.6 Å². The molecule has 2 aromatic heterocycles. The maximum absolute atomic E-state index is 13.2. The molecule has 142 valence electrons. The Morgan fingerprint density at radius 3 is 2.54 bits per heavy atom. The molecule has 28 heavy (non-hydrogen) atoms. The fourth-order valence-corrected chi connectivity index (χ4v) is 4.20. The first kappa shape index (κ1) is 16.9. The van der Waals surface area contributed by atoms with E-state index in [0.717, 1.165) is 19.3 Å². The van der Waals surface area contributed by atoms with E-state index in [2.05, 4.69) is 15.3 Å². The molecule has 2 bridgehead atoms. The molecule has 0 unspecified atom stereocenters. The Balaban J connectivity index is 1.62. The van der Waals surface area contributed by atoms with Crippen LogP contribution in [-0.2, 0) is 6.54 Å². The highest BCUT2D eigenvalue weighted by Gasteiger charge is 2.57. The maximum Gasteiger partial charge on any atom is 0.269 e. The van der Waals surface area contributed by atoms with Gasteiger partial charge in [0.15, 0.2) is 11.4 Å². The molecular weight excluding hydrogens is 363 g/mol. The highest BCUT2D eigenvalue weighted by Crippen LogP contribution is 2.57. The number of aromatic nitrogens is 3. The van der Waals surface area contributed by atoms with Crippen molar-refractivity contribution in [3.63, 3.8) is 0 Å². The van der Waals surface area contributed by atoms with Gasteiger partial charge in [-0.05, 0) is 42.9 Å². The minimum Gasteiger partial charge on any atom is -0.505 e. The summed E-state index contributed by atoms with van der Waals surface area (Å²) in [5.41, 5.74) is -0.325. The lowest BCUT2D eigenvalue weighted by Crippen LogP contribution is -2.68. The van der Waals surface area contributed by atoms with Crippen molar-refractivity contribution in [3.8, 4) is 5.75 Å². The molecule has 0 radical (unpaired) electrons. The van der Waals surface area contributed by atoms with Crippen LogP contribution in [0.5, 0.6) is 5.75 Å². The van der Waals surface area contributed by atoms with Crippen LogP contribution in [0.2, 0.25) is 0 Å². The fraction of sp³-hybridized carbons (Fsp3) is 0.300. The van der Waals surface area contributed by atoms with Crippen molar-refractivity contribution in [2.24, 2.45) is 5.92 Å². The first-order valence-electron chi connectivity index (χ1n) is 9.09. The molecule has 6 rings (SSSR count). The van der Waals surface area contributed by atoms with E-state index in [9.17, 15) is 19.1 Å². The van der Waals surface area contributed by atoms with Crippen LogP contribution in [0.25, 0.3) is 11.2 Å². The van der Waals surface area contributed by atoms with Gasteiger partial charge in [0.25, 0.3) is 11.5 Å². The number of fused-ring (bicyclic) bond motifs is 1. The number of pyridine rings is 1. The average molecular weight is 380 g/mol. The lowest BCUT2D eigenvalue weighted by Gasteiger charge is -2.61. The molecule has 3 aliphatic carbocycles. The summed E-state index contributed by atoms with van der Waals surface area (Å²) in [6.07, 6.45) is 5.53. The van der Waals surface area contributed by atoms with Gasteiger partial charge in [-0.3, -0.25) is 14.2 Å². The topological polar surface area (TPSA) is 97.1 Å². The second kappa shape index (κ2) is 5.85. The van der Waals surface area contributed by atoms with Crippen LogP contribution in [0.4, 0.5) is 4.39 Å². The Bertz CT molecular complexity index is 1160. The van der Waals surface area contributed by atoms with Gasteiger partial charge in [-0.25, -0.2) is 14.4 Å². The van der Waals surface area contributed by atoms with Gasteiger partial charge in [0.1, 0.15) is 16.9 Å². The number of benzene rings is 1. The monoisotopic (exact) mass is 380 g/mol. The number of aromatic hydroxyl groups is 1. The van der Waals surface area contributed by atoms with Crippen LogP contribution in [-0.4, -0.2) is 31.1 Å². The molecular formula is C20H17FN4O3. The molecule has 0 atom stereocenters. The summed E-state index contributed by atoms with van der Waals surface area (Å²) < 4.78 is 14.5. The molecule has 3 saturated carbocycles. The van der Waals surface area contributed by atoms with E-state index in [1.165, 1.54) is 29.1 Å². The summed E-state index contributed by atoms with van der Waals surface area (Å²) in [5.74, 6) is -0.787. The summed E-state index contributed by atoms with van der Waals surface area (Å²) in [5, 5.41) is 13.5. The summed E-state index contributed by atoms with van der Waals surface area (Å²) in [6.45, 7) is 0.0715. The predicted molar refractivity (Wildman–Crippen MR) is 98.5 cm³/mol. The fourth-order valence-electron chi connectivity index (χ4n) is 4.20. The third kappa shape index (κ3) is 2.48. The molecule has 3 aromatic rings. The van der Waals surface area contributed by atoms with Crippen molar-refractivity contribution in [3.05, 3.63) is 64.0 Å². The van der Waals surface area contributed by atoms with Gasteiger partial charge < -0.3 is 10.4 Å². The molecule has 0 aliphatic heterocycles. The molecule has 1 amide bonds. The number of carbonyl (C=O) groups is 1. The van der Waals surface area contributed by atoms with Gasteiger partial charge in [0.05, 0.1) is 6.54 Å². The van der Waals surface area contributed by atoms with Gasteiger partial charge in [-0.1, -0.05) is 12.1 Å².